The maximum Gasteiger partial charge on any atom is 0.410 e. The van der Waals surface area contributed by atoms with Gasteiger partial charge in [0.2, 0.25) is 0 Å². The third kappa shape index (κ3) is 4.08. The molecular weight excluding hydrogens is 304 g/mol. The molecule has 0 aliphatic heterocycles. The quantitative estimate of drug-likeness (QED) is 0.798. The summed E-state index contributed by atoms with van der Waals surface area (Å²) in [5.74, 6) is 0. The third-order valence-corrected chi connectivity index (χ3v) is 3.75. The first kappa shape index (κ1) is 16.7. The molecule has 0 radical (unpaired) electrons. The summed E-state index contributed by atoms with van der Waals surface area (Å²) in [6.45, 7) is 5.24. The van der Waals surface area contributed by atoms with Gasteiger partial charge in [0.05, 0.1) is 12.0 Å². The lowest BCUT2D eigenvalue weighted by Crippen LogP contribution is -2.37. The van der Waals surface area contributed by atoms with E-state index in [1.165, 1.54) is 19.1 Å². The molecule has 1 amide bonds. The van der Waals surface area contributed by atoms with Crippen LogP contribution in [-0.2, 0) is 9.53 Å². The first-order chi connectivity index (χ1) is 9.19. The van der Waals surface area contributed by atoms with Crippen molar-refractivity contribution in [2.75, 3.05) is 14.2 Å². The number of hydrogen-bond acceptors (Lipinski definition) is 6. The molecule has 1 aromatic heterocycles. The highest BCUT2D eigenvalue weighted by molar-refractivity contribution is 7.14. The van der Waals surface area contributed by atoms with E-state index in [-0.39, 0.29) is 5.15 Å². The fourth-order valence-electron chi connectivity index (χ4n) is 1.34. The lowest BCUT2D eigenvalue weighted by atomic mass is 10.2. The van der Waals surface area contributed by atoms with Crippen LogP contribution in [0.3, 0.4) is 0 Å². The van der Waals surface area contributed by atoms with Crippen LogP contribution in [0.5, 0.6) is 5.19 Å². The van der Waals surface area contributed by atoms with E-state index in [2.05, 4.69) is 4.98 Å². The molecule has 20 heavy (non-hydrogen) atoms. The zero-order valence-electron chi connectivity index (χ0n) is 12.0. The predicted molar refractivity (Wildman–Crippen MR) is 76.5 cm³/mol. The van der Waals surface area contributed by atoms with Gasteiger partial charge in [-0.25, -0.2) is 4.79 Å². The SMILES string of the molecule is COc1nc(Cl)c(C(C=O)N(C)C(=O)OC(C)(C)C)s1. The summed E-state index contributed by atoms with van der Waals surface area (Å²) >= 11 is 7.07. The molecule has 0 spiro atoms. The van der Waals surface area contributed by atoms with E-state index >= 15 is 0 Å². The van der Waals surface area contributed by atoms with Crippen molar-refractivity contribution in [2.45, 2.75) is 32.4 Å². The molecule has 0 bridgehead atoms. The molecule has 1 heterocycles. The van der Waals surface area contributed by atoms with Gasteiger partial charge in [0.25, 0.3) is 5.19 Å². The van der Waals surface area contributed by atoms with Crippen molar-refractivity contribution in [3.8, 4) is 5.19 Å². The van der Waals surface area contributed by atoms with Crippen molar-refractivity contribution >= 4 is 35.3 Å². The third-order valence-electron chi connectivity index (χ3n) is 2.26. The predicted octanol–water partition coefficient (Wildman–Crippen LogP) is 2.91. The molecule has 1 aromatic rings. The highest BCUT2D eigenvalue weighted by atomic mass is 35.5. The van der Waals surface area contributed by atoms with Gasteiger partial charge < -0.3 is 14.3 Å². The number of nitrogens with zero attached hydrogens (tertiary/aromatic N) is 2. The van der Waals surface area contributed by atoms with Crippen molar-refractivity contribution in [3.05, 3.63) is 10.0 Å². The minimum Gasteiger partial charge on any atom is -0.473 e. The standard InChI is InChI=1S/C12H17ClN2O4S/c1-12(2,3)19-11(17)15(4)7(6-16)8-9(13)14-10(18-5)20-8/h6-7H,1-5H3. The van der Waals surface area contributed by atoms with Gasteiger partial charge in [0.15, 0.2) is 0 Å². The number of aromatic nitrogens is 1. The number of ether oxygens (including phenoxy) is 2. The van der Waals surface area contributed by atoms with Gasteiger partial charge in [-0.05, 0) is 20.8 Å². The molecule has 8 heteroatoms. The van der Waals surface area contributed by atoms with Gasteiger partial charge >= 0.3 is 6.09 Å². The second kappa shape index (κ2) is 6.41. The van der Waals surface area contributed by atoms with Gasteiger partial charge in [-0.15, -0.1) is 0 Å². The first-order valence-corrected chi connectivity index (χ1v) is 7.00. The largest absolute Gasteiger partial charge is 0.473 e. The summed E-state index contributed by atoms with van der Waals surface area (Å²) in [6, 6.07) is -0.862. The maximum absolute atomic E-state index is 12.0. The van der Waals surface area contributed by atoms with Crippen LogP contribution in [0.25, 0.3) is 0 Å². The Kier molecular flexibility index (Phi) is 5.35. The summed E-state index contributed by atoms with van der Waals surface area (Å²) in [5, 5.41) is 0.466. The zero-order valence-corrected chi connectivity index (χ0v) is 13.5. The Morgan fingerprint density at radius 3 is 2.50 bits per heavy atom. The molecule has 0 saturated heterocycles. The molecule has 1 rings (SSSR count). The monoisotopic (exact) mass is 320 g/mol. The number of rotatable bonds is 4. The first-order valence-electron chi connectivity index (χ1n) is 5.81. The zero-order chi connectivity index (χ0) is 15.5. The van der Waals surface area contributed by atoms with Gasteiger partial charge in [-0.2, -0.15) is 4.98 Å². The van der Waals surface area contributed by atoms with Crippen LogP contribution in [0.15, 0.2) is 0 Å². The fourth-order valence-corrected chi connectivity index (χ4v) is 2.57. The lowest BCUT2D eigenvalue weighted by molar-refractivity contribution is -0.112. The van der Waals surface area contributed by atoms with Crippen LogP contribution in [-0.4, -0.2) is 42.0 Å². The molecule has 0 saturated carbocycles. The maximum atomic E-state index is 12.0. The number of carbonyl (C=O) groups is 2. The number of amides is 1. The highest BCUT2D eigenvalue weighted by Crippen LogP contribution is 2.35. The summed E-state index contributed by atoms with van der Waals surface area (Å²) in [6.07, 6.45) is 0.000911. The molecule has 0 fully saturated rings. The molecule has 0 aliphatic carbocycles. The second-order valence-electron chi connectivity index (χ2n) is 5.01. The van der Waals surface area contributed by atoms with Crippen molar-refractivity contribution in [2.24, 2.45) is 0 Å². The Balaban J connectivity index is 2.97. The number of carbonyl (C=O) groups excluding carboxylic acids is 2. The summed E-state index contributed by atoms with van der Waals surface area (Å²) in [7, 11) is 2.92. The van der Waals surface area contributed by atoms with Gasteiger partial charge in [-0.3, -0.25) is 4.90 Å². The van der Waals surface area contributed by atoms with E-state index in [0.29, 0.717) is 16.4 Å². The minimum absolute atomic E-state index is 0.138. The average molecular weight is 321 g/mol. The van der Waals surface area contributed by atoms with E-state index in [9.17, 15) is 9.59 Å². The van der Waals surface area contributed by atoms with Gasteiger partial charge in [-0.1, -0.05) is 22.9 Å². The number of hydrogen-bond donors (Lipinski definition) is 0. The van der Waals surface area contributed by atoms with E-state index in [1.54, 1.807) is 20.8 Å². The van der Waals surface area contributed by atoms with Gasteiger partial charge in [0, 0.05) is 7.05 Å². The highest BCUT2D eigenvalue weighted by Gasteiger charge is 2.29. The number of thiazole rings is 1. The molecule has 6 nitrogen and oxygen atoms in total. The van der Waals surface area contributed by atoms with Crippen molar-refractivity contribution in [1.82, 2.24) is 9.88 Å². The second-order valence-corrected chi connectivity index (χ2v) is 6.36. The fraction of sp³-hybridized carbons (Fsp3) is 0.583. The molecule has 0 aromatic carbocycles. The number of aldehydes is 1. The molecule has 1 atom stereocenters. The average Bonchev–Trinajstić information content (AvgIpc) is 2.69. The van der Waals surface area contributed by atoms with Crippen molar-refractivity contribution < 1.29 is 19.1 Å². The van der Waals surface area contributed by atoms with Crippen LogP contribution in [0.1, 0.15) is 31.7 Å². The van der Waals surface area contributed by atoms with E-state index < -0.39 is 17.7 Å². The van der Waals surface area contributed by atoms with Crippen LogP contribution in [0.2, 0.25) is 5.15 Å². The minimum atomic E-state index is -0.862. The Morgan fingerprint density at radius 1 is 1.50 bits per heavy atom. The molecule has 0 N–H and O–H groups in total. The Morgan fingerprint density at radius 2 is 2.10 bits per heavy atom. The Hall–Kier alpha value is -1.34. The normalized spacial score (nSPS) is 12.7. The van der Waals surface area contributed by atoms with E-state index in [0.717, 1.165) is 11.3 Å². The van der Waals surface area contributed by atoms with Crippen LogP contribution < -0.4 is 4.74 Å². The lowest BCUT2D eigenvalue weighted by Gasteiger charge is -2.27. The number of halogens is 1. The summed E-state index contributed by atoms with van der Waals surface area (Å²) in [5.41, 5.74) is -0.645. The summed E-state index contributed by atoms with van der Waals surface area (Å²) < 4.78 is 10.2. The van der Waals surface area contributed by atoms with E-state index in [1.807, 2.05) is 0 Å². The molecule has 0 aliphatic rings. The molecule has 112 valence electrons. The Labute approximate surface area is 126 Å². The van der Waals surface area contributed by atoms with Gasteiger partial charge in [0.1, 0.15) is 23.1 Å². The molecular formula is C12H17ClN2O4S. The number of likely N-dealkylation sites (N-methyl/N-ethyl adjacent to an activating group) is 1. The smallest absolute Gasteiger partial charge is 0.410 e. The van der Waals surface area contributed by atoms with Crippen LogP contribution in [0, 0.1) is 0 Å². The Bertz CT molecular complexity index is 498. The van der Waals surface area contributed by atoms with E-state index in [4.69, 9.17) is 21.1 Å². The topological polar surface area (TPSA) is 68.7 Å². The van der Waals surface area contributed by atoms with Crippen molar-refractivity contribution in [3.63, 3.8) is 0 Å². The van der Waals surface area contributed by atoms with Crippen molar-refractivity contribution in [1.29, 1.82) is 0 Å². The van der Waals surface area contributed by atoms with Crippen LogP contribution in [0.4, 0.5) is 4.79 Å². The van der Waals surface area contributed by atoms with Crippen LogP contribution >= 0.6 is 22.9 Å². The number of methoxy groups -OCH3 is 1. The summed E-state index contributed by atoms with van der Waals surface area (Å²) in [4.78, 5) is 28.8. The molecule has 1 unspecified atom stereocenters.